The quantitative estimate of drug-likeness (QED) is 0.481. The van der Waals surface area contributed by atoms with E-state index in [0.717, 1.165) is 10.2 Å². The number of rotatable bonds is 8. The molecular formula is C21H19BrN2O4. The molecule has 1 aromatic heterocycles. The first kappa shape index (κ1) is 19.7. The molecule has 144 valence electrons. The molecule has 2 amide bonds. The lowest BCUT2D eigenvalue weighted by Crippen LogP contribution is -2.25. The number of hydrogen-bond donors (Lipinski definition) is 2. The van der Waals surface area contributed by atoms with Gasteiger partial charge in [-0.05, 0) is 67.1 Å². The Labute approximate surface area is 171 Å². The molecule has 0 spiro atoms. The number of ether oxygens (including phenoxy) is 1. The third kappa shape index (κ3) is 5.99. The molecule has 0 atom stereocenters. The first-order valence-corrected chi connectivity index (χ1v) is 9.54. The Hall–Kier alpha value is -3.06. The summed E-state index contributed by atoms with van der Waals surface area (Å²) in [7, 11) is 0. The minimum Gasteiger partial charge on any atom is -0.459 e. The van der Waals surface area contributed by atoms with Crippen molar-refractivity contribution >= 4 is 33.4 Å². The fraction of sp³-hybridized carbons (Fsp3) is 0.143. The second-order valence-corrected chi connectivity index (χ2v) is 6.88. The van der Waals surface area contributed by atoms with Crippen LogP contribution in [0.25, 0.3) is 0 Å². The molecule has 2 N–H and O–H groups in total. The maximum Gasteiger partial charge on any atom is 0.286 e. The molecule has 0 saturated heterocycles. The van der Waals surface area contributed by atoms with E-state index < -0.39 is 0 Å². The van der Waals surface area contributed by atoms with Crippen LogP contribution in [0.4, 0.5) is 5.69 Å². The van der Waals surface area contributed by atoms with Gasteiger partial charge in [0.1, 0.15) is 11.5 Å². The van der Waals surface area contributed by atoms with Crippen molar-refractivity contribution in [2.75, 3.05) is 11.9 Å². The van der Waals surface area contributed by atoms with Crippen molar-refractivity contribution in [3.63, 3.8) is 0 Å². The Morgan fingerprint density at radius 3 is 2.29 bits per heavy atom. The van der Waals surface area contributed by atoms with Crippen molar-refractivity contribution in [3.05, 3.63) is 77.2 Å². The van der Waals surface area contributed by atoms with Gasteiger partial charge in [0.15, 0.2) is 5.76 Å². The normalized spacial score (nSPS) is 10.3. The van der Waals surface area contributed by atoms with Crippen LogP contribution in [0.2, 0.25) is 0 Å². The molecule has 28 heavy (non-hydrogen) atoms. The van der Waals surface area contributed by atoms with Crippen LogP contribution in [0.15, 0.2) is 75.8 Å². The largest absolute Gasteiger partial charge is 0.459 e. The Morgan fingerprint density at radius 2 is 1.64 bits per heavy atom. The number of carbonyl (C=O) groups is 2. The van der Waals surface area contributed by atoms with E-state index >= 15 is 0 Å². The number of carbonyl (C=O) groups excluding carboxylic acids is 2. The highest BCUT2D eigenvalue weighted by Gasteiger charge is 2.08. The zero-order chi connectivity index (χ0) is 19.8. The zero-order valence-corrected chi connectivity index (χ0v) is 16.6. The summed E-state index contributed by atoms with van der Waals surface area (Å²) < 4.78 is 11.7. The molecule has 1 heterocycles. The van der Waals surface area contributed by atoms with Gasteiger partial charge in [0, 0.05) is 23.1 Å². The molecule has 3 rings (SSSR count). The SMILES string of the molecule is O=C(CCCNC(=O)c1ccco1)Nc1ccc(Oc2ccc(Br)cc2)cc1. The van der Waals surface area contributed by atoms with Crippen LogP contribution in [-0.2, 0) is 4.79 Å². The van der Waals surface area contributed by atoms with Crippen LogP contribution in [0.1, 0.15) is 23.4 Å². The number of benzene rings is 2. The minimum absolute atomic E-state index is 0.117. The average molecular weight is 443 g/mol. The number of hydrogen-bond acceptors (Lipinski definition) is 4. The molecule has 0 saturated carbocycles. The molecule has 0 aliphatic carbocycles. The van der Waals surface area contributed by atoms with Gasteiger partial charge in [-0.1, -0.05) is 15.9 Å². The van der Waals surface area contributed by atoms with Gasteiger partial charge in [-0.15, -0.1) is 0 Å². The summed E-state index contributed by atoms with van der Waals surface area (Å²) in [6.45, 7) is 0.396. The van der Waals surface area contributed by atoms with E-state index in [2.05, 4.69) is 26.6 Å². The van der Waals surface area contributed by atoms with E-state index in [1.54, 1.807) is 36.4 Å². The summed E-state index contributed by atoms with van der Waals surface area (Å²) in [5.74, 6) is 1.27. The Kier molecular flexibility index (Phi) is 6.86. The predicted molar refractivity (Wildman–Crippen MR) is 110 cm³/mol. The molecule has 0 aliphatic heterocycles. The molecule has 0 fully saturated rings. The van der Waals surface area contributed by atoms with Gasteiger partial charge in [0.2, 0.25) is 5.91 Å². The summed E-state index contributed by atoms with van der Waals surface area (Å²) in [6.07, 6.45) is 2.27. The van der Waals surface area contributed by atoms with Crippen LogP contribution in [0.3, 0.4) is 0 Å². The molecule has 0 radical (unpaired) electrons. The summed E-state index contributed by atoms with van der Waals surface area (Å²) in [4.78, 5) is 23.7. The van der Waals surface area contributed by atoms with Crippen LogP contribution in [-0.4, -0.2) is 18.4 Å². The Balaban J connectivity index is 1.39. The Bertz CT molecular complexity index is 907. The van der Waals surface area contributed by atoms with Crippen molar-refractivity contribution in [2.24, 2.45) is 0 Å². The molecular weight excluding hydrogens is 424 g/mol. The number of furan rings is 1. The van der Waals surface area contributed by atoms with Crippen molar-refractivity contribution in [3.8, 4) is 11.5 Å². The predicted octanol–water partition coefficient (Wildman–Crippen LogP) is 4.98. The third-order valence-corrected chi connectivity index (χ3v) is 4.33. The van der Waals surface area contributed by atoms with Gasteiger partial charge in [-0.3, -0.25) is 9.59 Å². The number of nitrogens with one attached hydrogen (secondary N) is 2. The van der Waals surface area contributed by atoms with Crippen LogP contribution in [0.5, 0.6) is 11.5 Å². The van der Waals surface area contributed by atoms with E-state index in [4.69, 9.17) is 9.15 Å². The van der Waals surface area contributed by atoms with E-state index in [1.807, 2.05) is 24.3 Å². The average Bonchev–Trinajstić information content (AvgIpc) is 3.23. The van der Waals surface area contributed by atoms with Crippen molar-refractivity contribution in [1.82, 2.24) is 5.32 Å². The highest BCUT2D eigenvalue weighted by Crippen LogP contribution is 2.24. The van der Waals surface area contributed by atoms with Crippen molar-refractivity contribution in [1.29, 1.82) is 0 Å². The highest BCUT2D eigenvalue weighted by atomic mass is 79.9. The van der Waals surface area contributed by atoms with Gasteiger partial charge in [-0.2, -0.15) is 0 Å². The smallest absolute Gasteiger partial charge is 0.286 e. The first-order chi connectivity index (χ1) is 13.6. The number of halogens is 1. The molecule has 2 aromatic carbocycles. The molecule has 7 heteroatoms. The standard InChI is InChI=1S/C21H19BrN2O4/c22-15-5-9-17(10-6-15)28-18-11-7-16(8-12-18)24-20(25)4-1-13-23-21(26)19-3-2-14-27-19/h2-3,5-12,14H,1,4,13H2,(H,23,26)(H,24,25). The van der Waals surface area contributed by atoms with E-state index in [-0.39, 0.29) is 17.6 Å². The van der Waals surface area contributed by atoms with Gasteiger partial charge in [-0.25, -0.2) is 0 Å². The van der Waals surface area contributed by atoms with Crippen molar-refractivity contribution < 1.29 is 18.7 Å². The monoisotopic (exact) mass is 442 g/mol. The third-order valence-electron chi connectivity index (χ3n) is 3.80. The highest BCUT2D eigenvalue weighted by molar-refractivity contribution is 9.10. The molecule has 3 aromatic rings. The Morgan fingerprint density at radius 1 is 0.964 bits per heavy atom. The van der Waals surface area contributed by atoms with Gasteiger partial charge < -0.3 is 19.8 Å². The zero-order valence-electron chi connectivity index (χ0n) is 15.0. The first-order valence-electron chi connectivity index (χ1n) is 8.75. The second-order valence-electron chi connectivity index (χ2n) is 5.97. The van der Waals surface area contributed by atoms with E-state index in [9.17, 15) is 9.59 Å². The fourth-order valence-electron chi connectivity index (χ4n) is 2.41. The fourth-order valence-corrected chi connectivity index (χ4v) is 2.68. The molecule has 0 unspecified atom stereocenters. The number of anilines is 1. The van der Waals surface area contributed by atoms with Crippen LogP contribution < -0.4 is 15.4 Å². The van der Waals surface area contributed by atoms with Crippen molar-refractivity contribution in [2.45, 2.75) is 12.8 Å². The molecule has 6 nitrogen and oxygen atoms in total. The topological polar surface area (TPSA) is 80.6 Å². The van der Waals surface area contributed by atoms with E-state index in [0.29, 0.717) is 30.8 Å². The van der Waals surface area contributed by atoms with E-state index in [1.165, 1.54) is 6.26 Å². The maximum atomic E-state index is 12.0. The van der Waals surface area contributed by atoms with Gasteiger partial charge in [0.05, 0.1) is 6.26 Å². The van der Waals surface area contributed by atoms with Gasteiger partial charge in [0.25, 0.3) is 5.91 Å². The lowest BCUT2D eigenvalue weighted by molar-refractivity contribution is -0.116. The maximum absolute atomic E-state index is 12.0. The molecule has 0 aliphatic rings. The number of amides is 2. The summed E-state index contributed by atoms with van der Waals surface area (Å²) in [5.41, 5.74) is 0.688. The van der Waals surface area contributed by atoms with Crippen LogP contribution in [0, 0.1) is 0 Å². The summed E-state index contributed by atoms with van der Waals surface area (Å²) >= 11 is 3.38. The lowest BCUT2D eigenvalue weighted by Gasteiger charge is -2.08. The lowest BCUT2D eigenvalue weighted by atomic mass is 10.2. The second kappa shape index (κ2) is 9.75. The minimum atomic E-state index is -0.285. The summed E-state index contributed by atoms with van der Waals surface area (Å²) in [6, 6.07) is 17.9. The van der Waals surface area contributed by atoms with Gasteiger partial charge >= 0.3 is 0 Å². The summed E-state index contributed by atoms with van der Waals surface area (Å²) in [5, 5.41) is 5.53. The van der Waals surface area contributed by atoms with Crippen LogP contribution >= 0.6 is 15.9 Å². The molecule has 0 bridgehead atoms.